The zero-order valence-electron chi connectivity index (χ0n) is 22.5. The molecule has 0 radical (unpaired) electrons. The molecule has 0 saturated carbocycles. The summed E-state index contributed by atoms with van der Waals surface area (Å²) in [6.45, 7) is 1.59. The first-order valence-electron chi connectivity index (χ1n) is 13.8. The van der Waals surface area contributed by atoms with E-state index in [1.165, 1.54) is 0 Å². The maximum atomic E-state index is 13.0. The molecule has 10 nitrogen and oxygen atoms in total. The van der Waals surface area contributed by atoms with Crippen LogP contribution in [0, 0.1) is 0 Å². The van der Waals surface area contributed by atoms with Crippen LogP contribution in [0.3, 0.4) is 0 Å². The minimum atomic E-state index is -0.220. The van der Waals surface area contributed by atoms with Crippen LogP contribution in [0.5, 0.6) is 0 Å². The second-order valence-corrected chi connectivity index (χ2v) is 10.5. The molecule has 2 saturated heterocycles. The van der Waals surface area contributed by atoms with Crippen molar-refractivity contribution in [2.75, 3.05) is 26.2 Å². The molecule has 0 unspecified atom stereocenters. The smallest absolute Gasteiger partial charge is 0.256 e. The minimum absolute atomic E-state index is 0.0771. The lowest BCUT2D eigenvalue weighted by Crippen LogP contribution is -2.35. The third-order valence-corrected chi connectivity index (χ3v) is 7.67. The second kappa shape index (κ2) is 11.3. The highest BCUT2D eigenvalue weighted by Crippen LogP contribution is 2.31. The number of rotatable bonds is 6. The van der Waals surface area contributed by atoms with E-state index in [2.05, 4.69) is 20.6 Å². The highest BCUT2D eigenvalue weighted by atomic mass is 16.2. The molecule has 6 rings (SSSR count). The van der Waals surface area contributed by atoms with Crippen molar-refractivity contribution in [3.8, 4) is 0 Å². The summed E-state index contributed by atoms with van der Waals surface area (Å²) >= 11 is 0. The molecule has 208 valence electrons. The van der Waals surface area contributed by atoms with E-state index in [0.717, 1.165) is 11.1 Å². The van der Waals surface area contributed by atoms with Crippen LogP contribution >= 0.6 is 0 Å². The summed E-state index contributed by atoms with van der Waals surface area (Å²) < 4.78 is 0. The summed E-state index contributed by atoms with van der Waals surface area (Å²) in [6, 6.07) is 14.2. The number of nitrogens with one attached hydrogen (secondary N) is 2. The number of amides is 4. The van der Waals surface area contributed by atoms with Gasteiger partial charge in [-0.1, -0.05) is 24.3 Å². The number of fused-ring (bicyclic) bond motifs is 4. The largest absolute Gasteiger partial charge is 0.352 e. The molecule has 2 aromatic carbocycles. The van der Waals surface area contributed by atoms with Crippen molar-refractivity contribution < 1.29 is 19.2 Å². The summed E-state index contributed by atoms with van der Waals surface area (Å²) in [7, 11) is 0. The number of hydrogen-bond acceptors (Lipinski definition) is 6. The van der Waals surface area contributed by atoms with E-state index in [-0.39, 0.29) is 35.7 Å². The lowest BCUT2D eigenvalue weighted by molar-refractivity contribution is -0.116. The Morgan fingerprint density at radius 2 is 1.17 bits per heavy atom. The number of benzene rings is 2. The van der Waals surface area contributed by atoms with Gasteiger partial charge < -0.3 is 20.4 Å². The SMILES string of the molecule is O=C(C=C1C[C@H]2C=Nc3ccccc3C(=O)N2C1)NCCCNC(=O)C=C1C[C@H]2C=Nc3ccccc3C(=O)N2C1. The summed E-state index contributed by atoms with van der Waals surface area (Å²) in [5.41, 5.74) is 4.24. The molecule has 0 aromatic heterocycles. The van der Waals surface area contributed by atoms with Crippen LogP contribution in [0.2, 0.25) is 0 Å². The molecular formula is C31H30N6O4. The van der Waals surface area contributed by atoms with Crippen molar-refractivity contribution in [1.82, 2.24) is 20.4 Å². The molecule has 0 bridgehead atoms. The Balaban J connectivity index is 0.936. The Morgan fingerprint density at radius 1 is 0.732 bits per heavy atom. The average Bonchev–Trinajstić information content (AvgIpc) is 3.51. The Morgan fingerprint density at radius 3 is 1.63 bits per heavy atom. The second-order valence-electron chi connectivity index (χ2n) is 10.5. The third kappa shape index (κ3) is 5.58. The minimum Gasteiger partial charge on any atom is -0.352 e. The highest BCUT2D eigenvalue weighted by molar-refractivity contribution is 6.04. The van der Waals surface area contributed by atoms with Crippen LogP contribution in [0.4, 0.5) is 11.4 Å². The van der Waals surface area contributed by atoms with Gasteiger partial charge in [-0.3, -0.25) is 29.2 Å². The van der Waals surface area contributed by atoms with Gasteiger partial charge in [-0.15, -0.1) is 0 Å². The lowest BCUT2D eigenvalue weighted by Gasteiger charge is -2.19. The van der Waals surface area contributed by atoms with Gasteiger partial charge in [-0.25, -0.2) is 0 Å². The molecule has 41 heavy (non-hydrogen) atoms. The standard InChI is InChI=1S/C31H30N6O4/c38-28(14-20-12-22-16-34-26-8-3-1-6-24(26)30(40)36(22)18-20)32-10-5-11-33-29(39)15-21-13-23-17-35-27-9-4-2-7-25(27)31(41)37(23)19-21/h1-4,6-9,14-17,22-23H,5,10-13,18-19H2,(H,32,38)(H,33,39)/t22-,23-/m0/s1. The van der Waals surface area contributed by atoms with Gasteiger partial charge in [0.05, 0.1) is 34.6 Å². The van der Waals surface area contributed by atoms with Crippen molar-refractivity contribution in [2.24, 2.45) is 9.98 Å². The molecule has 0 spiro atoms. The predicted octanol–water partition coefficient (Wildman–Crippen LogP) is 2.72. The van der Waals surface area contributed by atoms with E-state index in [1.54, 1.807) is 46.5 Å². The fourth-order valence-corrected chi connectivity index (χ4v) is 5.64. The van der Waals surface area contributed by atoms with Crippen molar-refractivity contribution in [1.29, 1.82) is 0 Å². The Kier molecular flexibility index (Phi) is 7.28. The van der Waals surface area contributed by atoms with Crippen LogP contribution in [0.1, 0.15) is 40.0 Å². The highest BCUT2D eigenvalue weighted by Gasteiger charge is 2.35. The number of carbonyl (C=O) groups excluding carboxylic acids is 4. The monoisotopic (exact) mass is 550 g/mol. The maximum absolute atomic E-state index is 13.0. The number of hydrogen-bond donors (Lipinski definition) is 2. The van der Waals surface area contributed by atoms with Crippen LogP contribution in [0.15, 0.2) is 81.8 Å². The van der Waals surface area contributed by atoms with E-state index in [0.29, 0.717) is 67.9 Å². The van der Waals surface area contributed by atoms with Gasteiger partial charge in [0.1, 0.15) is 0 Å². The van der Waals surface area contributed by atoms with Gasteiger partial charge in [0, 0.05) is 50.8 Å². The number of aliphatic imine (C=N–C) groups is 2. The molecular weight excluding hydrogens is 520 g/mol. The molecule has 2 fully saturated rings. The molecule has 0 aliphatic carbocycles. The van der Waals surface area contributed by atoms with Crippen LogP contribution in [-0.2, 0) is 9.59 Å². The molecule has 4 heterocycles. The van der Waals surface area contributed by atoms with Gasteiger partial charge in [0.2, 0.25) is 11.8 Å². The molecule has 4 aliphatic rings. The Labute approximate surface area is 237 Å². The van der Waals surface area contributed by atoms with Gasteiger partial charge in [-0.2, -0.15) is 0 Å². The van der Waals surface area contributed by atoms with E-state index < -0.39 is 0 Å². The number of nitrogens with zero attached hydrogens (tertiary/aromatic N) is 4. The van der Waals surface area contributed by atoms with E-state index in [4.69, 9.17) is 0 Å². The van der Waals surface area contributed by atoms with Gasteiger partial charge in [-0.05, 0) is 54.7 Å². The first-order chi connectivity index (χ1) is 20.0. The first kappa shape index (κ1) is 26.4. The molecule has 10 heteroatoms. The average molecular weight is 551 g/mol. The lowest BCUT2D eigenvalue weighted by atomic mass is 10.1. The number of para-hydroxylation sites is 2. The van der Waals surface area contributed by atoms with Crippen LogP contribution in [-0.4, -0.2) is 84.1 Å². The zero-order chi connectivity index (χ0) is 28.3. The Bertz CT molecular complexity index is 1430. The van der Waals surface area contributed by atoms with Crippen molar-refractivity contribution in [3.63, 3.8) is 0 Å². The topological polar surface area (TPSA) is 124 Å². The van der Waals surface area contributed by atoms with Gasteiger partial charge >= 0.3 is 0 Å². The van der Waals surface area contributed by atoms with Crippen LogP contribution in [0.25, 0.3) is 0 Å². The van der Waals surface area contributed by atoms with Crippen molar-refractivity contribution in [3.05, 3.63) is 83.0 Å². The predicted molar refractivity (Wildman–Crippen MR) is 155 cm³/mol. The van der Waals surface area contributed by atoms with E-state index in [9.17, 15) is 19.2 Å². The third-order valence-electron chi connectivity index (χ3n) is 7.67. The van der Waals surface area contributed by atoms with Gasteiger partial charge in [0.15, 0.2) is 0 Å². The van der Waals surface area contributed by atoms with Gasteiger partial charge in [0.25, 0.3) is 11.8 Å². The van der Waals surface area contributed by atoms with E-state index >= 15 is 0 Å². The molecule has 4 aliphatic heterocycles. The molecule has 4 amide bonds. The van der Waals surface area contributed by atoms with Crippen LogP contribution < -0.4 is 10.6 Å². The summed E-state index contributed by atoms with van der Waals surface area (Å²) in [5.74, 6) is -0.594. The molecule has 2 atom stereocenters. The Hall–Kier alpha value is -4.86. The molecule has 2 aromatic rings. The van der Waals surface area contributed by atoms with Crippen molar-refractivity contribution in [2.45, 2.75) is 31.3 Å². The molecule has 2 N–H and O–H groups in total. The first-order valence-corrected chi connectivity index (χ1v) is 13.8. The summed E-state index contributed by atoms with van der Waals surface area (Å²) in [4.78, 5) is 63.3. The normalized spacial score (nSPS) is 22.6. The van der Waals surface area contributed by atoms with E-state index in [1.807, 2.05) is 36.4 Å². The van der Waals surface area contributed by atoms with Crippen molar-refractivity contribution >= 4 is 47.4 Å². The fraction of sp³-hybridized carbons (Fsp3) is 0.290. The quantitative estimate of drug-likeness (QED) is 0.424. The fourth-order valence-electron chi connectivity index (χ4n) is 5.64. The zero-order valence-corrected chi connectivity index (χ0v) is 22.5. The summed E-state index contributed by atoms with van der Waals surface area (Å²) in [5, 5.41) is 5.70. The number of carbonyl (C=O) groups is 4. The summed E-state index contributed by atoms with van der Waals surface area (Å²) in [6.07, 6.45) is 8.40. The maximum Gasteiger partial charge on any atom is 0.256 e.